The van der Waals surface area contributed by atoms with Crippen LogP contribution in [0.15, 0.2) is 24.3 Å². The van der Waals surface area contributed by atoms with Crippen LogP contribution in [0.2, 0.25) is 0 Å². The summed E-state index contributed by atoms with van der Waals surface area (Å²) in [5.74, 6) is 0.206. The molecule has 0 aliphatic heterocycles. The average molecular weight is 307 g/mol. The van der Waals surface area contributed by atoms with Crippen LogP contribution in [0.25, 0.3) is 10.2 Å². The van der Waals surface area contributed by atoms with E-state index in [1.54, 1.807) is 11.3 Å². The molecule has 1 unspecified atom stereocenters. The number of thiazole rings is 1. The van der Waals surface area contributed by atoms with E-state index in [9.17, 15) is 9.90 Å². The monoisotopic (exact) mass is 307 g/mol. The second-order valence-electron chi connectivity index (χ2n) is 5.28. The van der Waals surface area contributed by atoms with E-state index in [0.29, 0.717) is 19.5 Å². The van der Waals surface area contributed by atoms with Gasteiger partial charge < -0.3 is 15.7 Å². The largest absolute Gasteiger partial charge is 0.393 e. The number of amides is 2. The van der Waals surface area contributed by atoms with E-state index in [0.717, 1.165) is 15.2 Å². The fourth-order valence-corrected chi connectivity index (χ4v) is 2.79. The van der Waals surface area contributed by atoms with Gasteiger partial charge in [0.2, 0.25) is 0 Å². The van der Waals surface area contributed by atoms with Gasteiger partial charge in [-0.3, -0.25) is 0 Å². The molecule has 2 rings (SSSR count). The van der Waals surface area contributed by atoms with Crippen molar-refractivity contribution in [1.82, 2.24) is 15.6 Å². The molecule has 1 atom stereocenters. The highest BCUT2D eigenvalue weighted by Crippen LogP contribution is 2.21. The Morgan fingerprint density at radius 2 is 2.10 bits per heavy atom. The lowest BCUT2D eigenvalue weighted by molar-refractivity contribution is 0.116. The summed E-state index contributed by atoms with van der Waals surface area (Å²) < 4.78 is 1.12. The predicted molar refractivity (Wildman–Crippen MR) is 85.3 cm³/mol. The highest BCUT2D eigenvalue weighted by Gasteiger charge is 2.09. The minimum absolute atomic E-state index is 0.206. The van der Waals surface area contributed by atoms with Gasteiger partial charge in [-0.15, -0.1) is 11.3 Å². The van der Waals surface area contributed by atoms with Crippen molar-refractivity contribution in [3.8, 4) is 0 Å². The Hall–Kier alpha value is -1.66. The van der Waals surface area contributed by atoms with Crippen LogP contribution in [0, 0.1) is 5.92 Å². The summed E-state index contributed by atoms with van der Waals surface area (Å²) in [6, 6.07) is 7.67. The van der Waals surface area contributed by atoms with E-state index in [2.05, 4.69) is 15.6 Å². The summed E-state index contributed by atoms with van der Waals surface area (Å²) >= 11 is 1.58. The summed E-state index contributed by atoms with van der Waals surface area (Å²) in [5, 5.41) is 16.0. The van der Waals surface area contributed by atoms with Crippen LogP contribution in [0.3, 0.4) is 0 Å². The number of rotatable bonds is 6. The number of nitrogens with zero attached hydrogens (tertiary/aromatic N) is 1. The molecule has 2 amide bonds. The van der Waals surface area contributed by atoms with E-state index in [4.69, 9.17) is 0 Å². The molecule has 3 N–H and O–H groups in total. The minimum Gasteiger partial charge on any atom is -0.393 e. The second kappa shape index (κ2) is 7.38. The normalized spacial score (nSPS) is 12.6. The van der Waals surface area contributed by atoms with E-state index in [1.165, 1.54) is 0 Å². The molecule has 1 heterocycles. The zero-order valence-corrected chi connectivity index (χ0v) is 13.1. The first-order chi connectivity index (χ1) is 10.1. The van der Waals surface area contributed by atoms with Crippen molar-refractivity contribution in [1.29, 1.82) is 0 Å². The number of urea groups is 1. The number of hydrogen-bond acceptors (Lipinski definition) is 4. The molecule has 0 radical (unpaired) electrons. The van der Waals surface area contributed by atoms with Gasteiger partial charge in [0.15, 0.2) is 0 Å². The van der Waals surface area contributed by atoms with Crippen LogP contribution < -0.4 is 10.6 Å². The Morgan fingerprint density at radius 1 is 1.33 bits per heavy atom. The number of aliphatic hydroxyl groups excluding tert-OH is 1. The fraction of sp³-hybridized carbons (Fsp3) is 0.467. The number of para-hydroxylation sites is 1. The highest BCUT2D eigenvalue weighted by atomic mass is 32.1. The van der Waals surface area contributed by atoms with Crippen molar-refractivity contribution in [3.63, 3.8) is 0 Å². The van der Waals surface area contributed by atoms with Gasteiger partial charge in [-0.2, -0.15) is 0 Å². The standard InChI is InChI=1S/C15H21N3O2S/c1-10(2)12(19)7-8-16-15(20)17-9-14-18-11-5-3-4-6-13(11)21-14/h3-6,10,12,19H,7-9H2,1-2H3,(H2,16,17,20). The molecule has 114 valence electrons. The molecule has 0 fully saturated rings. The molecule has 0 saturated heterocycles. The number of aromatic nitrogens is 1. The third-order valence-corrected chi connectivity index (χ3v) is 4.27. The van der Waals surface area contributed by atoms with Gasteiger partial charge in [0, 0.05) is 6.54 Å². The van der Waals surface area contributed by atoms with Crippen LogP contribution in [0.4, 0.5) is 4.79 Å². The Morgan fingerprint density at radius 3 is 2.81 bits per heavy atom. The average Bonchev–Trinajstić information content (AvgIpc) is 2.87. The predicted octanol–water partition coefficient (Wildman–Crippen LogP) is 2.50. The van der Waals surface area contributed by atoms with E-state index in [-0.39, 0.29) is 18.1 Å². The molecule has 0 bridgehead atoms. The molecule has 0 saturated carbocycles. The molecule has 0 aliphatic carbocycles. The van der Waals surface area contributed by atoms with Gasteiger partial charge in [0.1, 0.15) is 5.01 Å². The third kappa shape index (κ3) is 4.68. The molecule has 1 aromatic carbocycles. The maximum atomic E-state index is 11.7. The summed E-state index contributed by atoms with van der Waals surface area (Å²) in [4.78, 5) is 16.1. The zero-order valence-electron chi connectivity index (χ0n) is 12.3. The summed E-state index contributed by atoms with van der Waals surface area (Å²) in [6.45, 7) is 4.79. The molecule has 21 heavy (non-hydrogen) atoms. The number of benzene rings is 1. The van der Waals surface area contributed by atoms with Crippen molar-refractivity contribution in [2.24, 2.45) is 5.92 Å². The number of carbonyl (C=O) groups is 1. The Kier molecular flexibility index (Phi) is 5.52. The topological polar surface area (TPSA) is 74.2 Å². The van der Waals surface area contributed by atoms with Gasteiger partial charge in [-0.25, -0.2) is 9.78 Å². The van der Waals surface area contributed by atoms with Crippen molar-refractivity contribution < 1.29 is 9.90 Å². The first kappa shape index (κ1) is 15.7. The Labute approximate surface area is 128 Å². The van der Waals surface area contributed by atoms with E-state index in [1.807, 2.05) is 38.1 Å². The second-order valence-corrected chi connectivity index (χ2v) is 6.40. The molecule has 5 nitrogen and oxygen atoms in total. The van der Waals surface area contributed by atoms with Crippen LogP contribution in [0.5, 0.6) is 0 Å². The molecule has 0 spiro atoms. The number of hydrogen-bond donors (Lipinski definition) is 3. The van der Waals surface area contributed by atoms with Gasteiger partial charge in [0.25, 0.3) is 0 Å². The quantitative estimate of drug-likeness (QED) is 0.767. The van der Waals surface area contributed by atoms with Gasteiger partial charge in [-0.1, -0.05) is 26.0 Å². The van der Waals surface area contributed by atoms with Crippen LogP contribution in [0.1, 0.15) is 25.3 Å². The Bertz CT molecular complexity index is 564. The lowest BCUT2D eigenvalue weighted by Crippen LogP contribution is -2.37. The molecule has 6 heteroatoms. The van der Waals surface area contributed by atoms with Crippen molar-refractivity contribution in [3.05, 3.63) is 29.3 Å². The summed E-state index contributed by atoms with van der Waals surface area (Å²) in [7, 11) is 0. The van der Waals surface area contributed by atoms with Crippen LogP contribution in [-0.2, 0) is 6.54 Å². The maximum absolute atomic E-state index is 11.7. The molecule has 0 aliphatic rings. The van der Waals surface area contributed by atoms with Gasteiger partial charge in [-0.05, 0) is 24.5 Å². The van der Waals surface area contributed by atoms with Crippen LogP contribution >= 0.6 is 11.3 Å². The maximum Gasteiger partial charge on any atom is 0.315 e. The number of fused-ring (bicyclic) bond motifs is 1. The van der Waals surface area contributed by atoms with E-state index >= 15 is 0 Å². The van der Waals surface area contributed by atoms with Crippen molar-refractivity contribution in [2.45, 2.75) is 32.9 Å². The van der Waals surface area contributed by atoms with Crippen molar-refractivity contribution in [2.75, 3.05) is 6.54 Å². The Balaban J connectivity index is 1.73. The SMILES string of the molecule is CC(C)C(O)CCNC(=O)NCc1nc2ccccc2s1. The van der Waals surface area contributed by atoms with Crippen molar-refractivity contribution >= 4 is 27.6 Å². The van der Waals surface area contributed by atoms with E-state index < -0.39 is 0 Å². The lowest BCUT2D eigenvalue weighted by Gasteiger charge is -2.14. The fourth-order valence-electron chi connectivity index (χ4n) is 1.88. The first-order valence-electron chi connectivity index (χ1n) is 7.10. The minimum atomic E-state index is -0.380. The van der Waals surface area contributed by atoms with Crippen LogP contribution in [-0.4, -0.2) is 28.8 Å². The molecule has 2 aromatic rings. The smallest absolute Gasteiger partial charge is 0.315 e. The number of aliphatic hydroxyl groups is 1. The summed E-state index contributed by atoms with van der Waals surface area (Å²) in [5.41, 5.74) is 0.958. The molecular formula is C15H21N3O2S. The third-order valence-electron chi connectivity index (χ3n) is 3.23. The number of carbonyl (C=O) groups excluding carboxylic acids is 1. The molecular weight excluding hydrogens is 286 g/mol. The highest BCUT2D eigenvalue weighted by molar-refractivity contribution is 7.18. The van der Waals surface area contributed by atoms with Gasteiger partial charge >= 0.3 is 6.03 Å². The molecule has 1 aromatic heterocycles. The lowest BCUT2D eigenvalue weighted by atomic mass is 10.0. The first-order valence-corrected chi connectivity index (χ1v) is 7.92. The van der Waals surface area contributed by atoms with Gasteiger partial charge in [0.05, 0.1) is 22.9 Å². The summed E-state index contributed by atoms with van der Waals surface area (Å²) in [6.07, 6.45) is 0.182. The zero-order chi connectivity index (χ0) is 15.2. The number of nitrogens with one attached hydrogen (secondary N) is 2.